The van der Waals surface area contributed by atoms with E-state index in [-0.39, 0.29) is 35.0 Å². The maximum absolute atomic E-state index is 15.4. The lowest BCUT2D eigenvalue weighted by atomic mass is 9.49. The van der Waals surface area contributed by atoms with Gasteiger partial charge in [-0.1, -0.05) is 66.2 Å². The highest BCUT2D eigenvalue weighted by Crippen LogP contribution is 2.65. The predicted molar refractivity (Wildman–Crippen MR) is 194 cm³/mol. The summed E-state index contributed by atoms with van der Waals surface area (Å²) in [4.78, 5) is 60.5. The lowest BCUT2D eigenvalue weighted by Gasteiger charge is -2.50. The molecule has 270 valence electrons. The largest absolute Gasteiger partial charge is 0.508 e. The SMILES string of the molecule is COc1ccc([C@@]23C(=O)N(Nc4ccc(Cl)cc4Cl)C(=O)[C@@H]2C[C@@H]2C(=CC[C@@H]4C(=O)N(C5CCCCC5)C(=O)[C@@H]42)[C@@H]3c2cc(OC)ccc2O)cc1. The minimum atomic E-state index is -1.59. The molecule has 6 atom stereocenters. The zero-order valence-corrected chi connectivity index (χ0v) is 30.3. The molecule has 2 saturated heterocycles. The van der Waals surface area contributed by atoms with Crippen LogP contribution in [-0.2, 0) is 24.6 Å². The number of methoxy groups -OCH3 is 2. The average Bonchev–Trinajstić information content (AvgIpc) is 3.54. The van der Waals surface area contributed by atoms with E-state index in [1.54, 1.807) is 55.6 Å². The number of amides is 4. The van der Waals surface area contributed by atoms with Crippen molar-refractivity contribution in [3.8, 4) is 17.2 Å². The second kappa shape index (κ2) is 13.1. The van der Waals surface area contributed by atoms with E-state index in [2.05, 4.69) is 5.43 Å². The van der Waals surface area contributed by atoms with Gasteiger partial charge in [0.15, 0.2) is 0 Å². The van der Waals surface area contributed by atoms with Crippen molar-refractivity contribution in [2.45, 2.75) is 62.3 Å². The number of imide groups is 2. The number of rotatable bonds is 7. The molecule has 3 aromatic carbocycles. The Labute approximate surface area is 311 Å². The Morgan fingerprint density at radius 2 is 1.54 bits per heavy atom. The van der Waals surface area contributed by atoms with Crippen molar-refractivity contribution in [2.24, 2.45) is 23.7 Å². The minimum Gasteiger partial charge on any atom is -0.508 e. The fraction of sp³-hybridized carbons (Fsp3) is 0.400. The van der Waals surface area contributed by atoms with Gasteiger partial charge in [-0.25, -0.2) is 0 Å². The molecule has 5 aliphatic rings. The lowest BCUT2D eigenvalue weighted by Crippen LogP contribution is -2.53. The number of nitrogens with zero attached hydrogens (tertiary/aromatic N) is 2. The van der Waals surface area contributed by atoms with Crippen LogP contribution >= 0.6 is 23.2 Å². The van der Waals surface area contributed by atoms with Gasteiger partial charge < -0.3 is 14.6 Å². The number of phenols is 1. The Bertz CT molecular complexity index is 2010. The first-order valence-corrected chi connectivity index (χ1v) is 18.5. The van der Waals surface area contributed by atoms with Crippen LogP contribution < -0.4 is 14.9 Å². The Balaban J connectivity index is 1.33. The number of fused-ring (bicyclic) bond motifs is 4. The monoisotopic (exact) mass is 743 g/mol. The summed E-state index contributed by atoms with van der Waals surface area (Å²) in [6.45, 7) is 0. The van der Waals surface area contributed by atoms with Crippen molar-refractivity contribution in [3.63, 3.8) is 0 Å². The van der Waals surface area contributed by atoms with Crippen LogP contribution in [0.5, 0.6) is 17.2 Å². The van der Waals surface area contributed by atoms with Crippen LogP contribution in [0.2, 0.25) is 10.0 Å². The van der Waals surface area contributed by atoms with E-state index in [1.807, 2.05) is 6.08 Å². The van der Waals surface area contributed by atoms with Gasteiger partial charge in [-0.2, -0.15) is 5.01 Å². The van der Waals surface area contributed by atoms with Gasteiger partial charge in [0.2, 0.25) is 11.8 Å². The summed E-state index contributed by atoms with van der Waals surface area (Å²) in [5, 5.41) is 13.3. The molecule has 8 rings (SSSR count). The molecular weight excluding hydrogens is 705 g/mol. The highest BCUT2D eigenvalue weighted by atomic mass is 35.5. The zero-order valence-electron chi connectivity index (χ0n) is 28.8. The number of aromatic hydroxyl groups is 1. The summed E-state index contributed by atoms with van der Waals surface area (Å²) < 4.78 is 11.1. The van der Waals surface area contributed by atoms with Crippen molar-refractivity contribution in [1.29, 1.82) is 0 Å². The van der Waals surface area contributed by atoms with Crippen LogP contribution in [0, 0.1) is 23.7 Å². The standard InChI is InChI=1S/C40H39Cl2N3O7/c1-51-24-11-8-21(9-12-24)40-30(37(48)45(39(40)50)43-32-16-10-22(41)18-31(32)42)20-28-26(35(40)29-19-25(52-2)13-17-33(29)46)14-15-27-34(28)38(49)44(36(27)47)23-6-4-3-5-7-23/h8-14,16-19,23,27-28,30,34-35,43,46H,3-7,15,20H2,1-2H3/t27-,28+,30-,34-,35+,40+/m0/s1. The zero-order chi connectivity index (χ0) is 36.5. The number of halogens is 2. The molecule has 3 aliphatic carbocycles. The maximum atomic E-state index is 15.4. The van der Waals surface area contributed by atoms with Crippen LogP contribution in [0.4, 0.5) is 5.69 Å². The van der Waals surface area contributed by atoms with E-state index >= 15 is 4.79 Å². The summed E-state index contributed by atoms with van der Waals surface area (Å²) >= 11 is 12.7. The third-order valence-corrected chi connectivity index (χ3v) is 12.6. The molecule has 4 amide bonds. The first kappa shape index (κ1) is 34.5. The molecule has 0 spiro atoms. The molecule has 52 heavy (non-hydrogen) atoms. The van der Waals surface area contributed by atoms with E-state index in [1.165, 1.54) is 24.1 Å². The van der Waals surface area contributed by atoms with Crippen molar-refractivity contribution in [1.82, 2.24) is 9.91 Å². The first-order chi connectivity index (χ1) is 25.1. The Kier molecular flexibility index (Phi) is 8.73. The molecule has 0 bridgehead atoms. The molecule has 0 radical (unpaired) electrons. The van der Waals surface area contributed by atoms with Gasteiger partial charge in [-0.15, -0.1) is 0 Å². The topological polar surface area (TPSA) is 125 Å². The van der Waals surface area contributed by atoms with Gasteiger partial charge in [0.25, 0.3) is 11.8 Å². The van der Waals surface area contributed by atoms with Gasteiger partial charge in [-0.05, 0) is 85.7 Å². The van der Waals surface area contributed by atoms with E-state index < -0.39 is 46.8 Å². The molecule has 2 saturated carbocycles. The molecule has 3 aromatic rings. The summed E-state index contributed by atoms with van der Waals surface area (Å²) in [7, 11) is 3.06. The number of ether oxygens (including phenoxy) is 2. The molecule has 12 heteroatoms. The third kappa shape index (κ3) is 5.12. The number of nitrogens with one attached hydrogen (secondary N) is 1. The Hall–Kier alpha value is -4.54. The van der Waals surface area contributed by atoms with Crippen molar-refractivity contribution in [2.75, 3.05) is 19.6 Å². The molecule has 2 heterocycles. The number of hydrogen-bond acceptors (Lipinski definition) is 8. The summed E-state index contributed by atoms with van der Waals surface area (Å²) in [6.07, 6.45) is 7.00. The molecular formula is C40H39Cl2N3O7. The van der Waals surface area contributed by atoms with Gasteiger partial charge in [0, 0.05) is 22.5 Å². The van der Waals surface area contributed by atoms with Crippen LogP contribution in [0.25, 0.3) is 0 Å². The second-order valence-electron chi connectivity index (χ2n) is 14.5. The smallest absolute Gasteiger partial charge is 0.260 e. The number of benzene rings is 3. The molecule has 2 N–H and O–H groups in total. The highest BCUT2D eigenvalue weighted by Gasteiger charge is 2.71. The normalized spacial score (nSPS) is 28.7. The molecule has 0 unspecified atom stereocenters. The fourth-order valence-electron chi connectivity index (χ4n) is 9.80. The third-order valence-electron chi connectivity index (χ3n) is 12.1. The van der Waals surface area contributed by atoms with E-state index in [9.17, 15) is 19.5 Å². The number of allylic oxidation sites excluding steroid dienone is 2. The number of carbonyl (C=O) groups is 4. The molecule has 2 aliphatic heterocycles. The van der Waals surface area contributed by atoms with Crippen LogP contribution in [0.1, 0.15) is 62.0 Å². The van der Waals surface area contributed by atoms with Crippen molar-refractivity contribution >= 4 is 52.5 Å². The van der Waals surface area contributed by atoms with E-state index in [4.69, 9.17) is 32.7 Å². The number of hydrazine groups is 1. The molecule has 0 aromatic heterocycles. The number of carbonyl (C=O) groups excluding carboxylic acids is 4. The number of anilines is 1. The number of likely N-dealkylation sites (tertiary alicyclic amines) is 1. The number of hydrogen-bond donors (Lipinski definition) is 2. The summed E-state index contributed by atoms with van der Waals surface area (Å²) in [5.41, 5.74) is 3.36. The summed E-state index contributed by atoms with van der Waals surface area (Å²) in [5.74, 6) is -4.25. The predicted octanol–water partition coefficient (Wildman–Crippen LogP) is 7.03. The first-order valence-electron chi connectivity index (χ1n) is 17.8. The average molecular weight is 745 g/mol. The summed E-state index contributed by atoms with van der Waals surface area (Å²) in [6, 6.07) is 16.4. The quantitative estimate of drug-likeness (QED) is 0.195. The number of phenolic OH excluding ortho intramolecular Hbond substituents is 1. The Morgan fingerprint density at radius 1 is 0.827 bits per heavy atom. The van der Waals surface area contributed by atoms with Gasteiger partial charge >= 0.3 is 0 Å². The van der Waals surface area contributed by atoms with Gasteiger partial charge in [-0.3, -0.25) is 29.5 Å². The fourth-order valence-corrected chi connectivity index (χ4v) is 10.3. The molecule has 10 nitrogen and oxygen atoms in total. The van der Waals surface area contributed by atoms with Crippen LogP contribution in [0.3, 0.4) is 0 Å². The van der Waals surface area contributed by atoms with Crippen LogP contribution in [0.15, 0.2) is 72.3 Å². The van der Waals surface area contributed by atoms with E-state index in [0.29, 0.717) is 39.8 Å². The lowest BCUT2D eigenvalue weighted by molar-refractivity contribution is -0.144. The van der Waals surface area contributed by atoms with Crippen molar-refractivity contribution in [3.05, 3.63) is 93.5 Å². The van der Waals surface area contributed by atoms with Crippen molar-refractivity contribution < 1.29 is 33.8 Å². The Morgan fingerprint density at radius 3 is 2.23 bits per heavy atom. The maximum Gasteiger partial charge on any atom is 0.260 e. The van der Waals surface area contributed by atoms with Gasteiger partial charge in [0.05, 0.1) is 48.1 Å². The highest BCUT2D eigenvalue weighted by molar-refractivity contribution is 6.36. The van der Waals surface area contributed by atoms with Crippen LogP contribution in [-0.4, -0.2) is 58.9 Å². The second-order valence-corrected chi connectivity index (χ2v) is 15.3. The minimum absolute atomic E-state index is 0.0915. The van der Waals surface area contributed by atoms with E-state index in [0.717, 1.165) is 42.7 Å². The van der Waals surface area contributed by atoms with Gasteiger partial charge in [0.1, 0.15) is 17.2 Å². The molecule has 4 fully saturated rings.